The van der Waals surface area contributed by atoms with Gasteiger partial charge in [-0.15, -0.1) is 22.7 Å². The molecule has 0 atom stereocenters. The Morgan fingerprint density at radius 3 is 3.07 bits per heavy atom. The van der Waals surface area contributed by atoms with Gasteiger partial charge >= 0.3 is 5.97 Å². The average molecular weight is 227 g/mol. The number of hydrogen-bond acceptors (Lipinski definition) is 5. The standard InChI is InChI=1S/C9H9NO2S2/c1-2-12-8(11)7-3-5-6(10)4-13-9(5)14-7/h3-4H,2,10H2,1H3. The number of carbonyl (C=O) groups excluding carboxylic acids is 1. The van der Waals surface area contributed by atoms with Crippen LogP contribution in [-0.2, 0) is 4.74 Å². The van der Waals surface area contributed by atoms with Gasteiger partial charge in [0.05, 0.1) is 16.3 Å². The highest BCUT2D eigenvalue weighted by atomic mass is 32.2. The molecule has 0 bridgehead atoms. The lowest BCUT2D eigenvalue weighted by atomic mass is 10.3. The normalized spacial score (nSPS) is 10.6. The summed E-state index contributed by atoms with van der Waals surface area (Å²) >= 11 is 2.99. The zero-order chi connectivity index (χ0) is 10.1. The Labute approximate surface area is 89.1 Å². The summed E-state index contributed by atoms with van der Waals surface area (Å²) in [6.07, 6.45) is 0. The highest BCUT2D eigenvalue weighted by Crippen LogP contribution is 2.35. The molecule has 0 amide bonds. The molecular formula is C9H9NO2S2. The predicted molar refractivity (Wildman–Crippen MR) is 60.1 cm³/mol. The Hall–Kier alpha value is -1.07. The maximum atomic E-state index is 11.4. The van der Waals surface area contributed by atoms with E-state index in [0.29, 0.717) is 11.5 Å². The molecule has 74 valence electrons. The smallest absolute Gasteiger partial charge is 0.348 e. The van der Waals surface area contributed by atoms with E-state index in [0.717, 1.165) is 15.1 Å². The molecule has 0 unspecified atom stereocenters. The molecular weight excluding hydrogens is 218 g/mol. The second-order valence-electron chi connectivity index (χ2n) is 2.72. The first-order chi connectivity index (χ1) is 6.72. The van der Waals surface area contributed by atoms with Gasteiger partial charge in [0.1, 0.15) is 4.88 Å². The van der Waals surface area contributed by atoms with Crippen molar-refractivity contribution in [2.24, 2.45) is 0 Å². The fraction of sp³-hybridized carbons (Fsp3) is 0.222. The lowest BCUT2D eigenvalue weighted by molar-refractivity contribution is 0.0532. The van der Waals surface area contributed by atoms with E-state index in [9.17, 15) is 4.79 Å². The van der Waals surface area contributed by atoms with E-state index >= 15 is 0 Å². The van der Waals surface area contributed by atoms with Gasteiger partial charge in [-0.3, -0.25) is 0 Å². The number of nitrogens with two attached hydrogens (primary N) is 1. The molecule has 0 aliphatic heterocycles. The van der Waals surface area contributed by atoms with Crippen LogP contribution in [0, 0.1) is 0 Å². The summed E-state index contributed by atoms with van der Waals surface area (Å²) < 4.78 is 5.98. The van der Waals surface area contributed by atoms with Gasteiger partial charge in [0.2, 0.25) is 0 Å². The van der Waals surface area contributed by atoms with Crippen molar-refractivity contribution in [3.63, 3.8) is 0 Å². The topological polar surface area (TPSA) is 52.3 Å². The molecule has 0 fully saturated rings. The van der Waals surface area contributed by atoms with Gasteiger partial charge in [0.25, 0.3) is 0 Å². The Morgan fingerprint density at radius 2 is 2.43 bits per heavy atom. The quantitative estimate of drug-likeness (QED) is 0.802. The molecule has 0 radical (unpaired) electrons. The van der Waals surface area contributed by atoms with Gasteiger partial charge in [0.15, 0.2) is 0 Å². The zero-order valence-electron chi connectivity index (χ0n) is 7.57. The van der Waals surface area contributed by atoms with E-state index < -0.39 is 0 Å². The molecule has 5 heteroatoms. The first-order valence-corrected chi connectivity index (χ1v) is 5.85. The second kappa shape index (κ2) is 3.59. The third kappa shape index (κ3) is 1.49. The van der Waals surface area contributed by atoms with E-state index in [1.54, 1.807) is 24.3 Å². The number of rotatable bonds is 2. The summed E-state index contributed by atoms with van der Waals surface area (Å²) in [5.41, 5.74) is 6.46. The molecule has 2 aromatic rings. The maximum absolute atomic E-state index is 11.4. The van der Waals surface area contributed by atoms with Crippen molar-refractivity contribution in [1.82, 2.24) is 0 Å². The summed E-state index contributed by atoms with van der Waals surface area (Å²) in [4.78, 5) is 12.0. The van der Waals surface area contributed by atoms with Crippen molar-refractivity contribution < 1.29 is 9.53 Å². The number of hydrogen-bond donors (Lipinski definition) is 1. The Balaban J connectivity index is 2.40. The van der Waals surface area contributed by atoms with Crippen molar-refractivity contribution in [3.8, 4) is 0 Å². The monoisotopic (exact) mass is 227 g/mol. The van der Waals surface area contributed by atoms with Gasteiger partial charge in [-0.25, -0.2) is 4.79 Å². The predicted octanol–water partition coefficient (Wildman–Crippen LogP) is 2.72. The van der Waals surface area contributed by atoms with Gasteiger partial charge in [-0.1, -0.05) is 0 Å². The minimum absolute atomic E-state index is 0.264. The van der Waals surface area contributed by atoms with Gasteiger partial charge in [-0.2, -0.15) is 0 Å². The van der Waals surface area contributed by atoms with Crippen LogP contribution >= 0.6 is 22.7 Å². The fourth-order valence-electron chi connectivity index (χ4n) is 1.15. The largest absolute Gasteiger partial charge is 0.462 e. The van der Waals surface area contributed by atoms with Crippen LogP contribution in [0.25, 0.3) is 9.40 Å². The second-order valence-corrected chi connectivity index (χ2v) is 4.91. The van der Waals surface area contributed by atoms with Crippen molar-refractivity contribution in [2.45, 2.75) is 6.92 Å². The lowest BCUT2D eigenvalue weighted by Crippen LogP contribution is -2.01. The molecule has 0 aromatic carbocycles. The Bertz CT molecular complexity index is 472. The fourth-order valence-corrected chi connectivity index (χ4v) is 3.22. The van der Waals surface area contributed by atoms with Crippen molar-refractivity contribution >= 4 is 43.7 Å². The van der Waals surface area contributed by atoms with Crippen LogP contribution in [0.3, 0.4) is 0 Å². The first kappa shape index (κ1) is 9.48. The van der Waals surface area contributed by atoms with Crippen LogP contribution in [0.1, 0.15) is 16.6 Å². The van der Waals surface area contributed by atoms with Crippen LogP contribution in [0.4, 0.5) is 5.69 Å². The molecule has 14 heavy (non-hydrogen) atoms. The van der Waals surface area contributed by atoms with E-state index in [1.165, 1.54) is 11.3 Å². The van der Waals surface area contributed by atoms with Gasteiger partial charge < -0.3 is 10.5 Å². The summed E-state index contributed by atoms with van der Waals surface area (Å²) in [6.45, 7) is 2.20. The molecule has 2 aromatic heterocycles. The molecule has 0 saturated carbocycles. The van der Waals surface area contributed by atoms with E-state index in [4.69, 9.17) is 10.5 Å². The molecule has 2 heterocycles. The van der Waals surface area contributed by atoms with E-state index in [-0.39, 0.29) is 5.97 Å². The SMILES string of the molecule is CCOC(=O)c1cc2c(N)csc2s1. The molecule has 2 rings (SSSR count). The molecule has 0 spiro atoms. The maximum Gasteiger partial charge on any atom is 0.348 e. The Kier molecular flexibility index (Phi) is 2.43. The van der Waals surface area contributed by atoms with Crippen LogP contribution < -0.4 is 5.73 Å². The Morgan fingerprint density at radius 1 is 1.64 bits per heavy atom. The number of fused-ring (bicyclic) bond motifs is 1. The number of esters is 1. The molecule has 0 aliphatic carbocycles. The van der Waals surface area contributed by atoms with Crippen molar-refractivity contribution in [3.05, 3.63) is 16.3 Å². The highest BCUT2D eigenvalue weighted by molar-refractivity contribution is 7.38. The van der Waals surface area contributed by atoms with E-state index in [2.05, 4.69) is 0 Å². The summed E-state index contributed by atoms with van der Waals surface area (Å²) in [7, 11) is 0. The zero-order valence-corrected chi connectivity index (χ0v) is 9.21. The summed E-state index contributed by atoms with van der Waals surface area (Å²) in [6, 6.07) is 1.80. The summed E-state index contributed by atoms with van der Waals surface area (Å²) in [5.74, 6) is -0.264. The number of ether oxygens (including phenoxy) is 1. The number of carbonyl (C=O) groups is 1. The minimum atomic E-state index is -0.264. The summed E-state index contributed by atoms with van der Waals surface area (Å²) in [5, 5.41) is 2.85. The molecule has 0 saturated heterocycles. The third-order valence-electron chi connectivity index (χ3n) is 1.78. The molecule has 2 N–H and O–H groups in total. The van der Waals surface area contributed by atoms with Crippen LogP contribution in [0.15, 0.2) is 11.4 Å². The average Bonchev–Trinajstić information content (AvgIpc) is 2.69. The van der Waals surface area contributed by atoms with Crippen LogP contribution in [-0.4, -0.2) is 12.6 Å². The molecule has 3 nitrogen and oxygen atoms in total. The molecule has 0 aliphatic rings. The number of anilines is 1. The van der Waals surface area contributed by atoms with Crippen molar-refractivity contribution in [2.75, 3.05) is 12.3 Å². The van der Waals surface area contributed by atoms with Crippen LogP contribution in [0.2, 0.25) is 0 Å². The highest BCUT2D eigenvalue weighted by Gasteiger charge is 2.13. The van der Waals surface area contributed by atoms with E-state index in [1.807, 2.05) is 5.38 Å². The van der Waals surface area contributed by atoms with Crippen molar-refractivity contribution in [1.29, 1.82) is 0 Å². The van der Waals surface area contributed by atoms with Gasteiger partial charge in [0, 0.05) is 10.8 Å². The number of thiophene rings is 2. The third-order valence-corrected chi connectivity index (χ3v) is 4.03. The lowest BCUT2D eigenvalue weighted by Gasteiger charge is -1.96. The van der Waals surface area contributed by atoms with Crippen LogP contribution in [0.5, 0.6) is 0 Å². The first-order valence-electron chi connectivity index (χ1n) is 4.16. The number of nitrogen functional groups attached to an aromatic ring is 1. The van der Waals surface area contributed by atoms with Gasteiger partial charge in [-0.05, 0) is 13.0 Å². The minimum Gasteiger partial charge on any atom is -0.462 e.